The molecule has 0 saturated heterocycles. The predicted octanol–water partition coefficient (Wildman–Crippen LogP) is 2.53. The van der Waals surface area contributed by atoms with Crippen molar-refractivity contribution in [2.75, 3.05) is 0 Å². The Morgan fingerprint density at radius 2 is 1.79 bits per heavy atom. The number of allylic oxidation sites excluding steroid dienone is 5. The highest BCUT2D eigenvalue weighted by Crippen LogP contribution is 2.04. The second-order valence-corrected chi connectivity index (χ2v) is 2.33. The molecule has 0 aromatic rings. The minimum absolute atomic E-state index is 0.148. The predicted molar refractivity (Wildman–Crippen MR) is 51.8 cm³/mol. The molecule has 0 aliphatic heterocycles. The quantitative estimate of drug-likeness (QED) is 0.295. The third-order valence-electron chi connectivity index (χ3n) is 1.17. The average Bonchev–Trinajstić information content (AvgIpc) is 2.03. The van der Waals surface area contributed by atoms with Crippen molar-refractivity contribution >= 4 is 13.3 Å². The highest BCUT2D eigenvalue weighted by Gasteiger charge is 2.18. The van der Waals surface area contributed by atoms with Crippen LogP contribution in [0.25, 0.3) is 0 Å². The first-order chi connectivity index (χ1) is 6.60. The zero-order valence-corrected chi connectivity index (χ0v) is 8.04. The van der Waals surface area contributed by atoms with Crippen LogP contribution < -0.4 is 0 Å². The van der Waals surface area contributed by atoms with Gasteiger partial charge in [-0.15, -0.1) is 0 Å². The summed E-state index contributed by atoms with van der Waals surface area (Å²) in [5.41, 5.74) is 0. The highest BCUT2D eigenvalue weighted by molar-refractivity contribution is 6.35. The van der Waals surface area contributed by atoms with Gasteiger partial charge in [-0.25, -0.2) is 8.63 Å². The molecule has 0 aromatic heterocycles. The van der Waals surface area contributed by atoms with E-state index < -0.39 is 7.47 Å². The average molecular weight is 200 g/mol. The SMILES string of the molecule is C/C=C/C(=O)/C=C(/C=C/C)OB(F)F. The van der Waals surface area contributed by atoms with Crippen molar-refractivity contribution in [3.05, 3.63) is 36.1 Å². The molecule has 0 saturated carbocycles. The van der Waals surface area contributed by atoms with Crippen LogP contribution in [0.15, 0.2) is 36.1 Å². The van der Waals surface area contributed by atoms with E-state index in [2.05, 4.69) is 4.65 Å². The third kappa shape index (κ3) is 6.17. The minimum atomic E-state index is -2.92. The fourth-order valence-electron chi connectivity index (χ4n) is 0.741. The second-order valence-electron chi connectivity index (χ2n) is 2.33. The molecule has 2 nitrogen and oxygen atoms in total. The van der Waals surface area contributed by atoms with Crippen LogP contribution in [0, 0.1) is 0 Å². The molecule has 0 aliphatic carbocycles. The van der Waals surface area contributed by atoms with Gasteiger partial charge < -0.3 is 4.65 Å². The Hall–Kier alpha value is -1.39. The Bertz CT molecular complexity index is 270. The smallest absolute Gasteiger partial charge is 0.505 e. The summed E-state index contributed by atoms with van der Waals surface area (Å²) in [4.78, 5) is 11.0. The van der Waals surface area contributed by atoms with Gasteiger partial charge in [0.05, 0.1) is 0 Å². The Morgan fingerprint density at radius 1 is 1.21 bits per heavy atom. The number of hydrogen-bond acceptors (Lipinski definition) is 2. The lowest BCUT2D eigenvalue weighted by Crippen LogP contribution is -2.04. The summed E-state index contributed by atoms with van der Waals surface area (Å²) in [5, 5.41) is 0. The second kappa shape index (κ2) is 7.06. The maximum atomic E-state index is 11.8. The summed E-state index contributed by atoms with van der Waals surface area (Å²) in [6.45, 7) is 3.30. The third-order valence-corrected chi connectivity index (χ3v) is 1.17. The number of ketones is 1. The first-order valence-corrected chi connectivity index (χ1v) is 4.06. The molecule has 0 atom stereocenters. The molecule has 0 bridgehead atoms. The molecule has 0 unspecified atom stereocenters. The zero-order valence-electron chi connectivity index (χ0n) is 8.04. The summed E-state index contributed by atoms with van der Waals surface area (Å²) < 4.78 is 27.7. The fraction of sp³-hybridized carbons (Fsp3) is 0.222. The van der Waals surface area contributed by atoms with Gasteiger partial charge in [0.1, 0.15) is 5.76 Å². The molecule has 0 aliphatic rings. The number of carbonyl (C=O) groups is 1. The van der Waals surface area contributed by atoms with Crippen molar-refractivity contribution in [2.45, 2.75) is 13.8 Å². The summed E-state index contributed by atoms with van der Waals surface area (Å²) in [6.07, 6.45) is 6.60. The van der Waals surface area contributed by atoms with Gasteiger partial charge in [-0.1, -0.05) is 12.2 Å². The van der Waals surface area contributed by atoms with Crippen LogP contribution in [0.2, 0.25) is 0 Å². The molecule has 0 amide bonds. The van der Waals surface area contributed by atoms with Gasteiger partial charge in [-0.2, -0.15) is 0 Å². The zero-order chi connectivity index (χ0) is 11.0. The molecule has 0 N–H and O–H groups in total. The van der Waals surface area contributed by atoms with Crippen molar-refractivity contribution in [1.82, 2.24) is 0 Å². The molecule has 5 heteroatoms. The maximum Gasteiger partial charge on any atom is 0.796 e. The standard InChI is InChI=1S/C9H11BF2O2/c1-3-5-8(13)7-9(6-4-2)14-10(11)12/h3-7H,1-2H3/b5-3+,6-4+,9-7-. The van der Waals surface area contributed by atoms with Gasteiger partial charge in [0.15, 0.2) is 5.78 Å². The van der Waals surface area contributed by atoms with Crippen LogP contribution in [0.5, 0.6) is 0 Å². The highest BCUT2D eigenvalue weighted by atomic mass is 19.2. The van der Waals surface area contributed by atoms with E-state index in [4.69, 9.17) is 0 Å². The molecule has 0 rings (SSSR count). The monoisotopic (exact) mass is 200 g/mol. The Labute approximate surface area is 82.2 Å². The molecule has 0 aromatic carbocycles. The van der Waals surface area contributed by atoms with Crippen LogP contribution in [0.4, 0.5) is 8.63 Å². The topological polar surface area (TPSA) is 26.3 Å². The van der Waals surface area contributed by atoms with Gasteiger partial charge in [-0.3, -0.25) is 4.79 Å². The number of carbonyl (C=O) groups excluding carboxylic acids is 1. The molecule has 0 spiro atoms. The number of hydrogen-bond donors (Lipinski definition) is 0. The lowest BCUT2D eigenvalue weighted by Gasteiger charge is -2.01. The normalized spacial score (nSPS) is 12.4. The molecular weight excluding hydrogens is 189 g/mol. The van der Waals surface area contributed by atoms with E-state index in [1.165, 1.54) is 24.3 Å². The number of halogens is 2. The van der Waals surface area contributed by atoms with E-state index in [0.29, 0.717) is 0 Å². The van der Waals surface area contributed by atoms with Crippen LogP contribution in [-0.2, 0) is 9.45 Å². The van der Waals surface area contributed by atoms with Gasteiger partial charge in [0, 0.05) is 6.08 Å². The first-order valence-electron chi connectivity index (χ1n) is 4.06. The summed E-state index contributed by atoms with van der Waals surface area (Å²) in [7, 11) is -2.92. The summed E-state index contributed by atoms with van der Waals surface area (Å²) in [6, 6.07) is 0. The van der Waals surface area contributed by atoms with Crippen molar-refractivity contribution < 1.29 is 18.1 Å². The lowest BCUT2D eigenvalue weighted by atomic mass is 10.2. The van der Waals surface area contributed by atoms with Gasteiger partial charge in [0.2, 0.25) is 0 Å². The van der Waals surface area contributed by atoms with Gasteiger partial charge in [0.25, 0.3) is 0 Å². The van der Waals surface area contributed by atoms with E-state index >= 15 is 0 Å². The van der Waals surface area contributed by atoms with E-state index in [0.717, 1.165) is 6.08 Å². The fourth-order valence-corrected chi connectivity index (χ4v) is 0.741. The molecular formula is C9H11BF2O2. The van der Waals surface area contributed by atoms with Crippen molar-refractivity contribution in [2.24, 2.45) is 0 Å². The van der Waals surface area contributed by atoms with Gasteiger partial charge in [-0.05, 0) is 26.0 Å². The summed E-state index contributed by atoms with van der Waals surface area (Å²) in [5.74, 6) is -0.535. The number of rotatable bonds is 5. The largest absolute Gasteiger partial charge is 0.796 e. The molecule has 0 fully saturated rings. The lowest BCUT2D eigenvalue weighted by molar-refractivity contribution is -0.110. The van der Waals surface area contributed by atoms with Crippen LogP contribution in [-0.4, -0.2) is 13.3 Å². The molecule has 14 heavy (non-hydrogen) atoms. The Balaban J connectivity index is 4.54. The first kappa shape index (κ1) is 12.6. The van der Waals surface area contributed by atoms with E-state index in [1.807, 2.05) is 0 Å². The van der Waals surface area contributed by atoms with Crippen LogP contribution in [0.1, 0.15) is 13.8 Å². The van der Waals surface area contributed by atoms with Crippen molar-refractivity contribution in [1.29, 1.82) is 0 Å². The Kier molecular flexibility index (Phi) is 6.36. The van der Waals surface area contributed by atoms with E-state index in [-0.39, 0.29) is 11.5 Å². The van der Waals surface area contributed by atoms with Crippen molar-refractivity contribution in [3.8, 4) is 0 Å². The van der Waals surface area contributed by atoms with E-state index in [9.17, 15) is 13.4 Å². The molecule has 76 valence electrons. The van der Waals surface area contributed by atoms with Gasteiger partial charge >= 0.3 is 7.47 Å². The van der Waals surface area contributed by atoms with E-state index in [1.54, 1.807) is 13.8 Å². The minimum Gasteiger partial charge on any atom is -0.505 e. The summed E-state index contributed by atoms with van der Waals surface area (Å²) >= 11 is 0. The van der Waals surface area contributed by atoms with Crippen LogP contribution in [0.3, 0.4) is 0 Å². The van der Waals surface area contributed by atoms with Crippen molar-refractivity contribution in [3.63, 3.8) is 0 Å². The Morgan fingerprint density at radius 3 is 2.21 bits per heavy atom. The maximum absolute atomic E-state index is 11.8. The molecule has 0 heterocycles. The molecule has 0 radical (unpaired) electrons. The van der Waals surface area contributed by atoms with Crippen LogP contribution >= 0.6 is 0 Å².